The molecule has 4 nitrogen and oxygen atoms in total. The SMILES string of the molecule is CC1CN(CC(N)(C#N)C2CC2)CC1N(C)C. The van der Waals surface area contributed by atoms with Crippen LogP contribution in [0.3, 0.4) is 0 Å². The summed E-state index contributed by atoms with van der Waals surface area (Å²) in [5.74, 6) is 1.09. The summed E-state index contributed by atoms with van der Waals surface area (Å²) in [6.07, 6.45) is 2.26. The lowest BCUT2D eigenvalue weighted by molar-refractivity contribution is 0.232. The molecule has 3 unspecified atom stereocenters. The number of nitrogens with zero attached hydrogens (tertiary/aromatic N) is 3. The smallest absolute Gasteiger partial charge is 0.119 e. The van der Waals surface area contributed by atoms with E-state index < -0.39 is 5.54 Å². The molecule has 1 saturated heterocycles. The highest BCUT2D eigenvalue weighted by atomic mass is 15.2. The Kier molecular flexibility index (Phi) is 3.44. The fraction of sp³-hybridized carbons (Fsp3) is 0.923. The molecule has 2 aliphatic rings. The van der Waals surface area contributed by atoms with Gasteiger partial charge >= 0.3 is 0 Å². The van der Waals surface area contributed by atoms with E-state index in [0.717, 1.165) is 32.5 Å². The van der Waals surface area contributed by atoms with Crippen LogP contribution in [0.1, 0.15) is 19.8 Å². The van der Waals surface area contributed by atoms with Crippen LogP contribution in [0.15, 0.2) is 0 Å². The first-order valence-electron chi connectivity index (χ1n) is 6.55. The molecule has 2 rings (SSSR count). The number of nitriles is 1. The minimum absolute atomic E-state index is 0.432. The summed E-state index contributed by atoms with van der Waals surface area (Å²) in [6, 6.07) is 2.94. The second-order valence-corrected chi connectivity index (χ2v) is 6.13. The van der Waals surface area contributed by atoms with E-state index in [-0.39, 0.29) is 0 Å². The van der Waals surface area contributed by atoms with Crippen molar-refractivity contribution < 1.29 is 0 Å². The zero-order valence-electron chi connectivity index (χ0n) is 11.2. The number of hydrogen-bond acceptors (Lipinski definition) is 4. The highest BCUT2D eigenvalue weighted by Gasteiger charge is 2.45. The molecule has 1 aliphatic heterocycles. The second kappa shape index (κ2) is 4.56. The Morgan fingerprint density at radius 2 is 2.06 bits per heavy atom. The molecule has 0 aromatic heterocycles. The van der Waals surface area contributed by atoms with Crippen molar-refractivity contribution in [3.63, 3.8) is 0 Å². The highest BCUT2D eigenvalue weighted by molar-refractivity contribution is 5.15. The molecular weight excluding hydrogens is 212 g/mol. The summed E-state index contributed by atoms with van der Waals surface area (Å²) in [6.45, 7) is 5.13. The van der Waals surface area contributed by atoms with E-state index in [0.29, 0.717) is 17.9 Å². The molecule has 96 valence electrons. The fourth-order valence-electron chi connectivity index (χ4n) is 3.07. The van der Waals surface area contributed by atoms with Crippen molar-refractivity contribution in [3.8, 4) is 6.07 Å². The molecule has 1 aliphatic carbocycles. The Balaban J connectivity index is 1.95. The molecule has 0 radical (unpaired) electrons. The van der Waals surface area contributed by atoms with Gasteiger partial charge in [-0.3, -0.25) is 4.90 Å². The quantitative estimate of drug-likeness (QED) is 0.772. The van der Waals surface area contributed by atoms with Gasteiger partial charge in [-0.15, -0.1) is 0 Å². The number of hydrogen-bond donors (Lipinski definition) is 1. The summed E-state index contributed by atoms with van der Waals surface area (Å²) in [5, 5.41) is 9.28. The van der Waals surface area contributed by atoms with Gasteiger partial charge in [-0.2, -0.15) is 5.26 Å². The third-order valence-corrected chi connectivity index (χ3v) is 4.31. The van der Waals surface area contributed by atoms with Gasteiger partial charge in [0.1, 0.15) is 5.54 Å². The van der Waals surface area contributed by atoms with Gasteiger partial charge in [0, 0.05) is 25.7 Å². The summed E-state index contributed by atoms with van der Waals surface area (Å²) in [7, 11) is 4.26. The first kappa shape index (κ1) is 12.8. The van der Waals surface area contributed by atoms with Gasteiger partial charge in [0.25, 0.3) is 0 Å². The Labute approximate surface area is 104 Å². The highest BCUT2D eigenvalue weighted by Crippen LogP contribution is 2.39. The molecule has 0 aromatic carbocycles. The van der Waals surface area contributed by atoms with Crippen LogP contribution in [0.2, 0.25) is 0 Å². The number of likely N-dealkylation sites (tertiary alicyclic amines) is 1. The van der Waals surface area contributed by atoms with Gasteiger partial charge in [-0.05, 0) is 38.8 Å². The molecule has 0 amide bonds. The zero-order valence-corrected chi connectivity index (χ0v) is 11.2. The molecule has 17 heavy (non-hydrogen) atoms. The molecular formula is C13H24N4. The Morgan fingerprint density at radius 1 is 1.41 bits per heavy atom. The Morgan fingerprint density at radius 3 is 2.47 bits per heavy atom. The largest absolute Gasteiger partial charge is 0.312 e. The number of likely N-dealkylation sites (N-methyl/N-ethyl adjacent to an activating group) is 1. The van der Waals surface area contributed by atoms with E-state index in [9.17, 15) is 5.26 Å². The lowest BCUT2D eigenvalue weighted by Gasteiger charge is -2.28. The third-order valence-electron chi connectivity index (χ3n) is 4.31. The van der Waals surface area contributed by atoms with Gasteiger partial charge in [0.15, 0.2) is 0 Å². The van der Waals surface area contributed by atoms with Crippen LogP contribution < -0.4 is 5.73 Å². The van der Waals surface area contributed by atoms with Crippen molar-refractivity contribution >= 4 is 0 Å². The average Bonchev–Trinajstić information content (AvgIpc) is 3.04. The first-order chi connectivity index (χ1) is 7.96. The lowest BCUT2D eigenvalue weighted by Crippen LogP contribution is -2.51. The molecule has 0 aromatic rings. The minimum atomic E-state index is -0.610. The van der Waals surface area contributed by atoms with Crippen molar-refractivity contribution in [1.82, 2.24) is 9.80 Å². The van der Waals surface area contributed by atoms with Gasteiger partial charge < -0.3 is 10.6 Å². The Bertz CT molecular complexity index is 318. The van der Waals surface area contributed by atoms with E-state index in [1.165, 1.54) is 0 Å². The minimum Gasteiger partial charge on any atom is -0.312 e. The maximum Gasteiger partial charge on any atom is 0.119 e. The van der Waals surface area contributed by atoms with Crippen molar-refractivity contribution in [2.24, 2.45) is 17.6 Å². The van der Waals surface area contributed by atoms with Gasteiger partial charge in [-0.25, -0.2) is 0 Å². The van der Waals surface area contributed by atoms with Crippen molar-refractivity contribution in [3.05, 3.63) is 0 Å². The predicted octanol–water partition coefficient (Wildman–Crippen LogP) is 0.499. The maximum absolute atomic E-state index is 9.28. The number of nitrogens with two attached hydrogens (primary N) is 1. The first-order valence-corrected chi connectivity index (χ1v) is 6.55. The van der Waals surface area contributed by atoms with E-state index in [1.807, 2.05) is 0 Å². The van der Waals surface area contributed by atoms with Crippen LogP contribution in [-0.2, 0) is 0 Å². The molecule has 3 atom stereocenters. The molecule has 1 saturated carbocycles. The van der Waals surface area contributed by atoms with Crippen LogP contribution in [0, 0.1) is 23.2 Å². The van der Waals surface area contributed by atoms with Crippen LogP contribution in [0.25, 0.3) is 0 Å². The molecule has 4 heteroatoms. The molecule has 0 spiro atoms. The summed E-state index contributed by atoms with van der Waals surface area (Å²) >= 11 is 0. The van der Waals surface area contributed by atoms with Crippen molar-refractivity contribution in [2.45, 2.75) is 31.3 Å². The summed E-state index contributed by atoms with van der Waals surface area (Å²) in [5.41, 5.74) is 5.62. The normalized spacial score (nSPS) is 33.6. The topological polar surface area (TPSA) is 56.3 Å². The van der Waals surface area contributed by atoms with Crippen molar-refractivity contribution in [1.29, 1.82) is 5.26 Å². The number of rotatable bonds is 4. The van der Waals surface area contributed by atoms with Crippen LogP contribution in [-0.4, -0.2) is 55.1 Å². The van der Waals surface area contributed by atoms with E-state index >= 15 is 0 Å². The van der Waals surface area contributed by atoms with Gasteiger partial charge in [-0.1, -0.05) is 6.92 Å². The Hall–Kier alpha value is -0.630. The van der Waals surface area contributed by atoms with Gasteiger partial charge in [0.2, 0.25) is 0 Å². The van der Waals surface area contributed by atoms with Crippen LogP contribution >= 0.6 is 0 Å². The van der Waals surface area contributed by atoms with Crippen molar-refractivity contribution in [2.75, 3.05) is 33.7 Å². The average molecular weight is 236 g/mol. The predicted molar refractivity (Wildman–Crippen MR) is 68.3 cm³/mol. The lowest BCUT2D eigenvalue weighted by atomic mass is 9.96. The monoisotopic (exact) mass is 236 g/mol. The van der Waals surface area contributed by atoms with Crippen LogP contribution in [0.5, 0.6) is 0 Å². The van der Waals surface area contributed by atoms with E-state index in [2.05, 4.69) is 36.9 Å². The molecule has 1 heterocycles. The summed E-state index contributed by atoms with van der Waals surface area (Å²) in [4.78, 5) is 4.66. The molecule has 2 N–H and O–H groups in total. The maximum atomic E-state index is 9.28. The van der Waals surface area contributed by atoms with Gasteiger partial charge in [0.05, 0.1) is 6.07 Å². The van der Waals surface area contributed by atoms with E-state index in [1.54, 1.807) is 0 Å². The second-order valence-electron chi connectivity index (χ2n) is 6.13. The summed E-state index contributed by atoms with van der Waals surface area (Å²) < 4.78 is 0. The molecule has 0 bridgehead atoms. The molecule has 2 fully saturated rings. The third kappa shape index (κ3) is 2.62. The standard InChI is InChI=1S/C13H24N4/c1-10-6-17(7-12(10)16(2)3)9-13(15,8-14)11-4-5-11/h10-12H,4-7,9,15H2,1-3H3. The zero-order chi connectivity index (χ0) is 12.6. The van der Waals surface area contributed by atoms with Crippen LogP contribution in [0.4, 0.5) is 0 Å². The van der Waals surface area contributed by atoms with E-state index in [4.69, 9.17) is 5.73 Å². The fourth-order valence-corrected chi connectivity index (χ4v) is 3.07.